The minimum atomic E-state index is -0.676. The van der Waals surface area contributed by atoms with Gasteiger partial charge in [-0.15, -0.1) is 0 Å². The molecular weight excluding hydrogens is 272 g/mol. The van der Waals surface area contributed by atoms with Crippen molar-refractivity contribution in [1.29, 1.82) is 0 Å². The summed E-state index contributed by atoms with van der Waals surface area (Å²) >= 11 is 5.55. The lowest BCUT2D eigenvalue weighted by molar-refractivity contribution is 0.602. The Labute approximate surface area is 115 Å². The molecule has 0 atom stereocenters. The summed E-state index contributed by atoms with van der Waals surface area (Å²) in [5.41, 5.74) is 7.08. The van der Waals surface area contributed by atoms with Crippen molar-refractivity contribution >= 4 is 17.4 Å². The number of aromatic nitrogens is 2. The molecule has 0 bridgehead atoms. The van der Waals surface area contributed by atoms with E-state index < -0.39 is 11.6 Å². The summed E-state index contributed by atoms with van der Waals surface area (Å²) in [4.78, 5) is 0. The van der Waals surface area contributed by atoms with Gasteiger partial charge in [0.2, 0.25) is 0 Å². The first-order chi connectivity index (χ1) is 8.95. The Balaban J connectivity index is 2.65. The van der Waals surface area contributed by atoms with Crippen molar-refractivity contribution in [2.24, 2.45) is 7.05 Å². The first-order valence-electron chi connectivity index (χ1n) is 5.92. The van der Waals surface area contributed by atoms with Crippen LogP contribution in [0.4, 0.5) is 14.6 Å². The smallest absolute Gasteiger partial charge is 0.142 e. The predicted molar refractivity (Wildman–Crippen MR) is 72.0 cm³/mol. The van der Waals surface area contributed by atoms with Gasteiger partial charge in [0.15, 0.2) is 0 Å². The molecule has 0 aliphatic heterocycles. The highest BCUT2D eigenvalue weighted by molar-refractivity contribution is 6.30. The largest absolute Gasteiger partial charge is 0.384 e. The molecule has 3 nitrogen and oxygen atoms in total. The van der Waals surface area contributed by atoms with Crippen molar-refractivity contribution in [3.8, 4) is 11.3 Å². The second-order valence-electron chi connectivity index (χ2n) is 4.33. The van der Waals surface area contributed by atoms with Crippen LogP contribution in [0.25, 0.3) is 11.3 Å². The molecule has 102 valence electrons. The van der Waals surface area contributed by atoms with E-state index in [-0.39, 0.29) is 10.6 Å². The van der Waals surface area contributed by atoms with Crippen LogP contribution >= 0.6 is 11.6 Å². The quantitative estimate of drug-likeness (QED) is 0.877. The monoisotopic (exact) mass is 285 g/mol. The fraction of sp³-hybridized carbons (Fsp3) is 0.308. The van der Waals surface area contributed by atoms with Gasteiger partial charge in [0.25, 0.3) is 0 Å². The Morgan fingerprint density at radius 2 is 2.00 bits per heavy atom. The second kappa shape index (κ2) is 5.17. The molecule has 2 rings (SSSR count). The van der Waals surface area contributed by atoms with Crippen LogP contribution in [-0.2, 0) is 13.5 Å². The molecule has 6 heteroatoms. The second-order valence-corrected chi connectivity index (χ2v) is 4.74. The highest BCUT2D eigenvalue weighted by atomic mass is 35.5. The van der Waals surface area contributed by atoms with Crippen LogP contribution in [0, 0.1) is 11.6 Å². The zero-order valence-electron chi connectivity index (χ0n) is 10.7. The molecule has 19 heavy (non-hydrogen) atoms. The molecule has 1 aromatic heterocycles. The van der Waals surface area contributed by atoms with Gasteiger partial charge in [0.1, 0.15) is 23.1 Å². The normalized spacial score (nSPS) is 11.0. The van der Waals surface area contributed by atoms with Crippen molar-refractivity contribution < 1.29 is 8.78 Å². The third kappa shape index (κ3) is 2.42. The highest BCUT2D eigenvalue weighted by Crippen LogP contribution is 2.32. The lowest BCUT2D eigenvalue weighted by Gasteiger charge is -2.05. The van der Waals surface area contributed by atoms with E-state index in [0.717, 1.165) is 24.1 Å². The molecule has 0 fully saturated rings. The molecule has 0 unspecified atom stereocenters. The average molecular weight is 286 g/mol. The summed E-state index contributed by atoms with van der Waals surface area (Å²) in [5, 5.41) is 3.92. The van der Waals surface area contributed by atoms with E-state index in [1.807, 2.05) is 6.92 Å². The standard InChI is InChI=1S/C13H14ClF2N3/c1-3-4-7-12(18-19(2)13(7)17)8-5-11(16)9(14)6-10(8)15/h5-6H,3-4,17H2,1-2H3. The lowest BCUT2D eigenvalue weighted by atomic mass is 10.0. The number of benzene rings is 1. The molecule has 1 aromatic carbocycles. The topological polar surface area (TPSA) is 43.8 Å². The van der Waals surface area contributed by atoms with E-state index in [9.17, 15) is 8.78 Å². The predicted octanol–water partition coefficient (Wildman–Crippen LogP) is 3.55. The molecule has 0 spiro atoms. The molecule has 0 aliphatic carbocycles. The summed E-state index contributed by atoms with van der Waals surface area (Å²) in [6.07, 6.45) is 1.49. The van der Waals surface area contributed by atoms with E-state index in [1.165, 1.54) is 4.68 Å². The summed E-state index contributed by atoms with van der Waals surface area (Å²) < 4.78 is 28.9. The third-order valence-corrected chi connectivity index (χ3v) is 3.25. The summed E-state index contributed by atoms with van der Waals surface area (Å²) in [6, 6.07) is 2.01. The van der Waals surface area contributed by atoms with Crippen molar-refractivity contribution in [1.82, 2.24) is 9.78 Å². The van der Waals surface area contributed by atoms with Crippen LogP contribution in [0.3, 0.4) is 0 Å². The minimum Gasteiger partial charge on any atom is -0.384 e. The van der Waals surface area contributed by atoms with E-state index in [2.05, 4.69) is 5.10 Å². The van der Waals surface area contributed by atoms with Gasteiger partial charge < -0.3 is 5.73 Å². The first kappa shape index (κ1) is 13.8. The number of nitrogen functional groups attached to an aromatic ring is 1. The molecule has 2 aromatic rings. The zero-order chi connectivity index (χ0) is 14.2. The number of halogens is 3. The van der Waals surface area contributed by atoms with Crippen molar-refractivity contribution in [2.45, 2.75) is 19.8 Å². The number of aryl methyl sites for hydroxylation is 1. The molecule has 0 radical (unpaired) electrons. The van der Waals surface area contributed by atoms with Crippen LogP contribution in [0.1, 0.15) is 18.9 Å². The molecule has 0 saturated carbocycles. The maximum absolute atomic E-state index is 13.9. The molecule has 0 aliphatic rings. The fourth-order valence-corrected chi connectivity index (χ4v) is 2.15. The Morgan fingerprint density at radius 3 is 2.63 bits per heavy atom. The number of rotatable bonds is 3. The van der Waals surface area contributed by atoms with Crippen LogP contribution in [0.2, 0.25) is 5.02 Å². The Bertz CT molecular complexity index is 623. The van der Waals surface area contributed by atoms with Gasteiger partial charge in [-0.05, 0) is 18.6 Å². The Hall–Kier alpha value is -1.62. The number of hydrogen-bond acceptors (Lipinski definition) is 2. The van der Waals surface area contributed by atoms with Crippen molar-refractivity contribution in [3.05, 3.63) is 34.4 Å². The molecule has 0 saturated heterocycles. The van der Waals surface area contributed by atoms with Gasteiger partial charge >= 0.3 is 0 Å². The van der Waals surface area contributed by atoms with Gasteiger partial charge in [-0.1, -0.05) is 24.9 Å². The molecular formula is C13H14ClF2N3. The number of hydrogen-bond donors (Lipinski definition) is 1. The fourth-order valence-electron chi connectivity index (χ4n) is 2.00. The van der Waals surface area contributed by atoms with Crippen LogP contribution in [-0.4, -0.2) is 9.78 Å². The van der Waals surface area contributed by atoms with Gasteiger partial charge in [-0.2, -0.15) is 5.10 Å². The number of nitrogens with two attached hydrogens (primary N) is 1. The lowest BCUT2D eigenvalue weighted by Crippen LogP contribution is -1.99. The zero-order valence-corrected chi connectivity index (χ0v) is 11.4. The maximum Gasteiger partial charge on any atom is 0.142 e. The number of nitrogens with zero attached hydrogens (tertiary/aromatic N) is 2. The maximum atomic E-state index is 13.9. The van der Waals surface area contributed by atoms with E-state index >= 15 is 0 Å². The van der Waals surface area contributed by atoms with Crippen LogP contribution in [0.15, 0.2) is 12.1 Å². The first-order valence-corrected chi connectivity index (χ1v) is 6.29. The van der Waals surface area contributed by atoms with Gasteiger partial charge in [0, 0.05) is 18.2 Å². The summed E-state index contributed by atoms with van der Waals surface area (Å²) in [6.45, 7) is 1.98. The summed E-state index contributed by atoms with van der Waals surface area (Å²) in [7, 11) is 1.67. The Morgan fingerprint density at radius 1 is 1.32 bits per heavy atom. The van der Waals surface area contributed by atoms with E-state index in [0.29, 0.717) is 17.9 Å². The molecule has 2 N–H and O–H groups in total. The Kier molecular flexibility index (Phi) is 3.75. The van der Waals surface area contributed by atoms with E-state index in [1.54, 1.807) is 7.05 Å². The molecule has 0 amide bonds. The van der Waals surface area contributed by atoms with Crippen LogP contribution < -0.4 is 5.73 Å². The van der Waals surface area contributed by atoms with Crippen molar-refractivity contribution in [2.75, 3.05) is 5.73 Å². The third-order valence-electron chi connectivity index (χ3n) is 2.96. The van der Waals surface area contributed by atoms with Crippen molar-refractivity contribution in [3.63, 3.8) is 0 Å². The van der Waals surface area contributed by atoms with Crippen LogP contribution in [0.5, 0.6) is 0 Å². The number of anilines is 1. The minimum absolute atomic E-state index is 0.0812. The van der Waals surface area contributed by atoms with Gasteiger partial charge in [0.05, 0.1) is 5.02 Å². The SMILES string of the molecule is CCCc1c(-c2cc(F)c(Cl)cc2F)nn(C)c1N. The molecule has 1 heterocycles. The summed E-state index contributed by atoms with van der Waals surface area (Å²) in [5.74, 6) is -0.821. The van der Waals surface area contributed by atoms with E-state index in [4.69, 9.17) is 17.3 Å². The van der Waals surface area contributed by atoms with Gasteiger partial charge in [-0.25, -0.2) is 8.78 Å². The van der Waals surface area contributed by atoms with Gasteiger partial charge in [-0.3, -0.25) is 4.68 Å². The average Bonchev–Trinajstić information content (AvgIpc) is 2.62. The highest BCUT2D eigenvalue weighted by Gasteiger charge is 2.19.